The molecule has 0 radical (unpaired) electrons. The van der Waals surface area contributed by atoms with E-state index in [9.17, 15) is 19.2 Å². The number of rotatable bonds is 5. The van der Waals surface area contributed by atoms with E-state index in [-0.39, 0.29) is 11.7 Å². The highest BCUT2D eigenvalue weighted by molar-refractivity contribution is 9.10. The minimum Gasteiger partial charge on any atom is -0.444 e. The first-order valence-corrected chi connectivity index (χ1v) is 17.9. The monoisotopic (exact) mass is 754 g/mol. The van der Waals surface area contributed by atoms with Crippen LogP contribution in [0.3, 0.4) is 0 Å². The van der Waals surface area contributed by atoms with Crippen molar-refractivity contribution in [2.45, 2.75) is 91.0 Å². The first-order chi connectivity index (χ1) is 24.1. The number of amides is 2. The molecule has 268 valence electrons. The van der Waals surface area contributed by atoms with Crippen LogP contribution in [-0.2, 0) is 35.4 Å². The number of aryl methyl sites for hydroxylation is 1. The fourth-order valence-corrected chi connectivity index (χ4v) is 5.81. The molecule has 0 aliphatic heterocycles. The number of alkyl carbamates (subject to hydrolysis) is 2. The highest BCUT2D eigenvalue weighted by atomic mass is 79.9. The maximum atomic E-state index is 12.6. The normalized spacial score (nSPS) is 14.5. The van der Waals surface area contributed by atoms with Gasteiger partial charge < -0.3 is 20.1 Å². The van der Waals surface area contributed by atoms with E-state index in [0.717, 1.165) is 50.7 Å². The van der Waals surface area contributed by atoms with Crippen molar-refractivity contribution in [3.63, 3.8) is 0 Å². The standard InChI is InChI=1S/C21H23NO3.C12H16BrNO2.C9H8O/c1-21(2,3)25-20(24)22-13-14-8-10-15(11-9-14)18-12-16-6-4-5-7-17(16)19(18)23;1-12(2,3)16-11(15)14-8-9-4-6-10(13)7-5-9;10-9-6-5-7-3-1-2-4-8(7)9/h4-11,18H,12-13H2,1-3H3,(H,22,24);4-7H,8H2,1-3H3,(H,14,15);1-4H,5-6H2. The molecule has 0 heterocycles. The molecule has 6 rings (SSSR count). The fourth-order valence-electron chi connectivity index (χ4n) is 5.55. The molecule has 4 aromatic carbocycles. The van der Waals surface area contributed by atoms with Crippen molar-refractivity contribution in [3.8, 4) is 0 Å². The third-order valence-corrected chi connectivity index (χ3v) is 8.46. The van der Waals surface area contributed by atoms with Crippen molar-refractivity contribution in [3.05, 3.63) is 140 Å². The number of carbonyl (C=O) groups excluding carboxylic acids is 4. The SMILES string of the molecule is CC(C)(C)OC(=O)NCc1ccc(Br)cc1.CC(C)(C)OC(=O)NCc1ccc(C2Cc3ccccc3C2=O)cc1.O=C1CCc2ccccc21. The summed E-state index contributed by atoms with van der Waals surface area (Å²) in [5.74, 6) is 0.385. The molecule has 0 saturated heterocycles. The number of carbonyl (C=O) groups is 4. The molecule has 2 amide bonds. The second-order valence-electron chi connectivity index (χ2n) is 14.4. The van der Waals surface area contributed by atoms with Crippen molar-refractivity contribution in [2.75, 3.05) is 0 Å². The van der Waals surface area contributed by atoms with Crippen molar-refractivity contribution in [2.24, 2.45) is 0 Å². The average molecular weight is 756 g/mol. The third kappa shape index (κ3) is 12.5. The summed E-state index contributed by atoms with van der Waals surface area (Å²) in [5, 5.41) is 5.44. The Morgan fingerprint density at radius 1 is 0.647 bits per heavy atom. The van der Waals surface area contributed by atoms with Crippen LogP contribution in [0.15, 0.2) is 102 Å². The number of ketones is 2. The van der Waals surface area contributed by atoms with Crippen LogP contribution < -0.4 is 10.6 Å². The average Bonchev–Trinajstić information content (AvgIpc) is 3.62. The molecule has 8 nitrogen and oxygen atoms in total. The second kappa shape index (κ2) is 17.4. The van der Waals surface area contributed by atoms with Crippen molar-refractivity contribution in [1.82, 2.24) is 10.6 Å². The predicted molar refractivity (Wildman–Crippen MR) is 203 cm³/mol. The van der Waals surface area contributed by atoms with Gasteiger partial charge in [-0.2, -0.15) is 0 Å². The van der Waals surface area contributed by atoms with Crippen LogP contribution in [0, 0.1) is 0 Å². The van der Waals surface area contributed by atoms with Crippen molar-refractivity contribution >= 4 is 39.7 Å². The molecule has 1 unspecified atom stereocenters. The molecule has 51 heavy (non-hydrogen) atoms. The van der Waals surface area contributed by atoms with Gasteiger partial charge in [-0.25, -0.2) is 9.59 Å². The number of halogens is 1. The molecule has 0 aromatic heterocycles. The molecule has 2 N–H and O–H groups in total. The zero-order chi connectivity index (χ0) is 37.2. The van der Waals surface area contributed by atoms with Crippen LogP contribution in [0.2, 0.25) is 0 Å². The summed E-state index contributed by atoms with van der Waals surface area (Å²) in [4.78, 5) is 46.7. The van der Waals surface area contributed by atoms with E-state index in [1.807, 2.05) is 139 Å². The van der Waals surface area contributed by atoms with E-state index in [1.165, 1.54) is 5.56 Å². The predicted octanol–water partition coefficient (Wildman–Crippen LogP) is 9.52. The van der Waals surface area contributed by atoms with E-state index >= 15 is 0 Å². The Kier molecular flexibility index (Phi) is 13.4. The maximum absolute atomic E-state index is 12.6. The van der Waals surface area contributed by atoms with E-state index in [4.69, 9.17) is 9.47 Å². The molecule has 0 bridgehead atoms. The van der Waals surface area contributed by atoms with Gasteiger partial charge in [-0.1, -0.05) is 101 Å². The summed E-state index contributed by atoms with van der Waals surface area (Å²) in [7, 11) is 0. The molecule has 9 heteroatoms. The molecule has 0 fully saturated rings. The highest BCUT2D eigenvalue weighted by Crippen LogP contribution is 2.34. The lowest BCUT2D eigenvalue weighted by atomic mass is 9.94. The molecule has 2 aliphatic carbocycles. The summed E-state index contributed by atoms with van der Waals surface area (Å²) < 4.78 is 11.4. The second-order valence-corrected chi connectivity index (χ2v) is 15.4. The van der Waals surface area contributed by atoms with Gasteiger partial charge in [0.15, 0.2) is 11.6 Å². The molecule has 2 aliphatic rings. The smallest absolute Gasteiger partial charge is 0.407 e. The van der Waals surface area contributed by atoms with E-state index < -0.39 is 23.4 Å². The molecular weight excluding hydrogens is 708 g/mol. The minimum absolute atomic E-state index is 0.106. The first kappa shape index (κ1) is 39.0. The Bertz CT molecular complexity index is 1820. The van der Waals surface area contributed by atoms with Crippen molar-refractivity contribution < 1.29 is 28.7 Å². The lowest BCUT2D eigenvalue weighted by Crippen LogP contribution is -2.32. The summed E-state index contributed by atoms with van der Waals surface area (Å²) in [5.41, 5.74) is 6.16. The Hall–Kier alpha value is -4.76. The van der Waals surface area contributed by atoms with Crippen LogP contribution in [0.25, 0.3) is 0 Å². The molecule has 0 spiro atoms. The van der Waals surface area contributed by atoms with Gasteiger partial charge in [0.05, 0.1) is 5.92 Å². The molecule has 4 aromatic rings. The summed E-state index contributed by atoms with van der Waals surface area (Å²) in [6, 6.07) is 31.2. The van der Waals surface area contributed by atoms with Gasteiger partial charge in [0.2, 0.25) is 0 Å². The van der Waals surface area contributed by atoms with Crippen LogP contribution in [0.5, 0.6) is 0 Å². The Morgan fingerprint density at radius 3 is 1.61 bits per heavy atom. The zero-order valence-corrected chi connectivity index (χ0v) is 31.8. The van der Waals surface area contributed by atoms with E-state index in [1.54, 1.807) is 0 Å². The Morgan fingerprint density at radius 2 is 1.12 bits per heavy atom. The number of hydrogen-bond acceptors (Lipinski definition) is 6. The van der Waals surface area contributed by atoms with E-state index in [0.29, 0.717) is 25.3 Å². The van der Waals surface area contributed by atoms with Crippen LogP contribution in [0.1, 0.15) is 102 Å². The largest absolute Gasteiger partial charge is 0.444 e. The Labute approximate surface area is 309 Å². The topological polar surface area (TPSA) is 111 Å². The molecule has 1 atom stereocenters. The molecular formula is C42H47BrN2O6. The van der Waals surface area contributed by atoms with Gasteiger partial charge in [0.1, 0.15) is 11.2 Å². The van der Waals surface area contributed by atoms with Gasteiger partial charge in [-0.15, -0.1) is 0 Å². The van der Waals surface area contributed by atoms with Crippen LogP contribution in [0.4, 0.5) is 9.59 Å². The van der Waals surface area contributed by atoms with Crippen LogP contribution >= 0.6 is 15.9 Å². The summed E-state index contributed by atoms with van der Waals surface area (Å²) in [6.07, 6.45) is 1.58. The van der Waals surface area contributed by atoms with Gasteiger partial charge in [0, 0.05) is 35.1 Å². The maximum Gasteiger partial charge on any atom is 0.407 e. The number of fused-ring (bicyclic) bond motifs is 2. The number of benzene rings is 4. The third-order valence-electron chi connectivity index (χ3n) is 7.93. The van der Waals surface area contributed by atoms with Gasteiger partial charge in [-0.05, 0) is 94.3 Å². The van der Waals surface area contributed by atoms with E-state index in [2.05, 4.69) is 26.6 Å². The summed E-state index contributed by atoms with van der Waals surface area (Å²) >= 11 is 3.35. The Balaban J connectivity index is 0.000000191. The van der Waals surface area contributed by atoms with Gasteiger partial charge in [0.25, 0.3) is 0 Å². The number of Topliss-reactive ketones (excluding diaryl/α,β-unsaturated/α-hetero) is 2. The highest BCUT2D eigenvalue weighted by Gasteiger charge is 2.31. The van der Waals surface area contributed by atoms with Gasteiger partial charge >= 0.3 is 12.2 Å². The number of ether oxygens (including phenoxy) is 2. The summed E-state index contributed by atoms with van der Waals surface area (Å²) in [6.45, 7) is 11.9. The number of hydrogen-bond donors (Lipinski definition) is 2. The number of nitrogens with one attached hydrogen (secondary N) is 2. The van der Waals surface area contributed by atoms with Gasteiger partial charge in [-0.3, -0.25) is 9.59 Å². The zero-order valence-electron chi connectivity index (χ0n) is 30.2. The lowest BCUT2D eigenvalue weighted by Gasteiger charge is -2.19. The lowest BCUT2D eigenvalue weighted by molar-refractivity contribution is 0.0512. The van der Waals surface area contributed by atoms with Crippen molar-refractivity contribution in [1.29, 1.82) is 0 Å². The first-order valence-electron chi connectivity index (χ1n) is 17.1. The fraction of sp³-hybridized carbons (Fsp3) is 0.333. The van der Waals surface area contributed by atoms with Crippen LogP contribution in [-0.4, -0.2) is 35.0 Å². The minimum atomic E-state index is -0.508. The molecule has 0 saturated carbocycles. The quantitative estimate of drug-likeness (QED) is 0.210.